The lowest BCUT2D eigenvalue weighted by atomic mass is 10.0. The van der Waals surface area contributed by atoms with Crippen LogP contribution in [0.15, 0.2) is 71.3 Å². The quantitative estimate of drug-likeness (QED) is 0.342. The minimum absolute atomic E-state index is 0.0615. The van der Waals surface area contributed by atoms with E-state index in [1.165, 1.54) is 23.2 Å². The van der Waals surface area contributed by atoms with Crippen LogP contribution in [0.2, 0.25) is 0 Å². The Morgan fingerprint density at radius 2 is 1.84 bits per heavy atom. The van der Waals surface area contributed by atoms with E-state index in [0.29, 0.717) is 24.0 Å². The number of benzene rings is 2. The van der Waals surface area contributed by atoms with Crippen molar-refractivity contribution < 1.29 is 14.0 Å². The third kappa shape index (κ3) is 4.89. The molecule has 4 aromatic rings. The fourth-order valence-corrected chi connectivity index (χ4v) is 4.38. The van der Waals surface area contributed by atoms with Crippen molar-refractivity contribution in [2.75, 3.05) is 11.4 Å². The standard InChI is InChI=1S/C25H25N3O3S/c1-17(2)18-11-13-19(14-12-18)28(25-27-20-7-3-4-9-22(20)32-25)23(29)10-5-15-26-24(30)21-8-6-16-31-21/h3-4,6-9,11-14,16-17H,5,10,15H2,1-2H3,(H,26,30). The summed E-state index contributed by atoms with van der Waals surface area (Å²) in [6, 6.07) is 19.2. The highest BCUT2D eigenvalue weighted by molar-refractivity contribution is 7.22. The van der Waals surface area contributed by atoms with Crippen molar-refractivity contribution in [2.24, 2.45) is 0 Å². The zero-order chi connectivity index (χ0) is 22.5. The van der Waals surface area contributed by atoms with Crippen LogP contribution in [0, 0.1) is 0 Å². The van der Waals surface area contributed by atoms with E-state index in [1.54, 1.807) is 17.0 Å². The summed E-state index contributed by atoms with van der Waals surface area (Å²) in [5, 5.41) is 3.43. The minimum atomic E-state index is -0.283. The molecule has 1 N–H and O–H groups in total. The number of furan rings is 1. The van der Waals surface area contributed by atoms with E-state index >= 15 is 0 Å². The molecule has 2 aromatic heterocycles. The summed E-state index contributed by atoms with van der Waals surface area (Å²) in [7, 11) is 0. The lowest BCUT2D eigenvalue weighted by Crippen LogP contribution is -2.28. The zero-order valence-corrected chi connectivity index (χ0v) is 18.9. The van der Waals surface area contributed by atoms with Crippen molar-refractivity contribution >= 4 is 44.2 Å². The molecule has 32 heavy (non-hydrogen) atoms. The molecule has 2 amide bonds. The van der Waals surface area contributed by atoms with E-state index < -0.39 is 0 Å². The van der Waals surface area contributed by atoms with Gasteiger partial charge in [-0.3, -0.25) is 14.5 Å². The summed E-state index contributed by atoms with van der Waals surface area (Å²) in [6.07, 6.45) is 2.25. The van der Waals surface area contributed by atoms with Crippen LogP contribution in [0.25, 0.3) is 10.2 Å². The van der Waals surface area contributed by atoms with Gasteiger partial charge in [0.05, 0.1) is 22.2 Å². The third-order valence-corrected chi connectivity index (χ3v) is 6.16. The van der Waals surface area contributed by atoms with Gasteiger partial charge in [0, 0.05) is 13.0 Å². The molecule has 7 heteroatoms. The van der Waals surface area contributed by atoms with Crippen molar-refractivity contribution in [3.8, 4) is 0 Å². The van der Waals surface area contributed by atoms with Crippen LogP contribution in [0.4, 0.5) is 10.8 Å². The number of carbonyl (C=O) groups excluding carboxylic acids is 2. The van der Waals surface area contributed by atoms with Crippen LogP contribution in [0.3, 0.4) is 0 Å². The molecule has 0 saturated heterocycles. The molecule has 0 unspecified atom stereocenters. The first kappa shape index (κ1) is 21.8. The van der Waals surface area contributed by atoms with Gasteiger partial charge in [-0.2, -0.15) is 0 Å². The van der Waals surface area contributed by atoms with Crippen LogP contribution < -0.4 is 10.2 Å². The number of anilines is 2. The van der Waals surface area contributed by atoms with E-state index in [2.05, 4.69) is 31.3 Å². The number of thiazole rings is 1. The highest BCUT2D eigenvalue weighted by atomic mass is 32.1. The van der Waals surface area contributed by atoms with Crippen LogP contribution in [0.5, 0.6) is 0 Å². The summed E-state index contributed by atoms with van der Waals surface area (Å²) in [6.45, 7) is 4.66. The van der Waals surface area contributed by atoms with Gasteiger partial charge in [0.1, 0.15) is 0 Å². The Bertz CT molecular complexity index is 1160. The molecule has 2 aromatic carbocycles. The predicted molar refractivity (Wildman–Crippen MR) is 128 cm³/mol. The zero-order valence-electron chi connectivity index (χ0n) is 18.1. The number of hydrogen-bond donors (Lipinski definition) is 1. The molecule has 0 atom stereocenters. The number of aromatic nitrogens is 1. The van der Waals surface area contributed by atoms with Gasteiger partial charge in [-0.05, 0) is 54.3 Å². The highest BCUT2D eigenvalue weighted by Gasteiger charge is 2.22. The Morgan fingerprint density at radius 1 is 1.06 bits per heavy atom. The second-order valence-electron chi connectivity index (χ2n) is 7.78. The maximum Gasteiger partial charge on any atom is 0.286 e. The number of para-hydroxylation sites is 1. The van der Waals surface area contributed by atoms with Crippen LogP contribution in [-0.4, -0.2) is 23.3 Å². The first-order chi connectivity index (χ1) is 15.5. The van der Waals surface area contributed by atoms with E-state index in [9.17, 15) is 9.59 Å². The van der Waals surface area contributed by atoms with Crippen molar-refractivity contribution in [3.05, 3.63) is 78.3 Å². The molecule has 0 spiro atoms. The average Bonchev–Trinajstić information content (AvgIpc) is 3.47. The second-order valence-corrected chi connectivity index (χ2v) is 8.79. The Balaban J connectivity index is 1.50. The van der Waals surface area contributed by atoms with Crippen LogP contribution >= 0.6 is 11.3 Å². The number of hydrogen-bond acceptors (Lipinski definition) is 5. The molecule has 0 saturated carbocycles. The van der Waals surface area contributed by atoms with Gasteiger partial charge in [-0.25, -0.2) is 4.98 Å². The van der Waals surface area contributed by atoms with E-state index in [0.717, 1.165) is 15.9 Å². The maximum absolute atomic E-state index is 13.3. The fourth-order valence-electron chi connectivity index (χ4n) is 3.37. The molecule has 4 rings (SSSR count). The Hall–Kier alpha value is -3.45. The number of rotatable bonds is 8. The number of amides is 2. The van der Waals surface area contributed by atoms with Crippen molar-refractivity contribution in [1.82, 2.24) is 10.3 Å². The van der Waals surface area contributed by atoms with E-state index in [4.69, 9.17) is 9.40 Å². The van der Waals surface area contributed by atoms with Crippen LogP contribution in [-0.2, 0) is 4.79 Å². The summed E-state index contributed by atoms with van der Waals surface area (Å²) in [5.41, 5.74) is 2.87. The summed E-state index contributed by atoms with van der Waals surface area (Å²) in [4.78, 5) is 31.7. The van der Waals surface area contributed by atoms with E-state index in [1.807, 2.05) is 36.4 Å². The molecule has 164 valence electrons. The van der Waals surface area contributed by atoms with Gasteiger partial charge in [-0.1, -0.05) is 49.4 Å². The molecule has 0 fully saturated rings. The van der Waals surface area contributed by atoms with Crippen LogP contribution in [0.1, 0.15) is 48.7 Å². The Kier molecular flexibility index (Phi) is 6.66. The fraction of sp³-hybridized carbons (Fsp3) is 0.240. The first-order valence-electron chi connectivity index (χ1n) is 10.6. The van der Waals surface area contributed by atoms with Crippen molar-refractivity contribution in [2.45, 2.75) is 32.6 Å². The van der Waals surface area contributed by atoms with E-state index in [-0.39, 0.29) is 24.0 Å². The van der Waals surface area contributed by atoms with Gasteiger partial charge in [0.2, 0.25) is 5.91 Å². The molecule has 2 heterocycles. The Morgan fingerprint density at radius 3 is 2.53 bits per heavy atom. The summed E-state index contributed by atoms with van der Waals surface area (Å²) >= 11 is 1.49. The maximum atomic E-state index is 13.3. The Labute approximate surface area is 190 Å². The minimum Gasteiger partial charge on any atom is -0.459 e. The third-order valence-electron chi connectivity index (χ3n) is 5.14. The average molecular weight is 448 g/mol. The molecule has 0 radical (unpaired) electrons. The van der Waals surface area contributed by atoms with Gasteiger partial charge in [0.25, 0.3) is 5.91 Å². The summed E-state index contributed by atoms with van der Waals surface area (Å²) < 4.78 is 6.12. The molecule has 0 aliphatic heterocycles. The lowest BCUT2D eigenvalue weighted by Gasteiger charge is -2.21. The molecule has 0 bridgehead atoms. The topological polar surface area (TPSA) is 75.4 Å². The molecule has 6 nitrogen and oxygen atoms in total. The second kappa shape index (κ2) is 9.78. The largest absolute Gasteiger partial charge is 0.459 e. The number of nitrogens with zero attached hydrogens (tertiary/aromatic N) is 2. The number of carbonyl (C=O) groups is 2. The van der Waals surface area contributed by atoms with Gasteiger partial charge < -0.3 is 9.73 Å². The van der Waals surface area contributed by atoms with Gasteiger partial charge in [-0.15, -0.1) is 0 Å². The normalized spacial score (nSPS) is 11.1. The smallest absolute Gasteiger partial charge is 0.286 e. The van der Waals surface area contributed by atoms with Gasteiger partial charge in [0.15, 0.2) is 10.9 Å². The SMILES string of the molecule is CC(C)c1ccc(N(C(=O)CCCNC(=O)c2ccco2)c2nc3ccccc3s2)cc1. The van der Waals surface area contributed by atoms with Gasteiger partial charge >= 0.3 is 0 Å². The summed E-state index contributed by atoms with van der Waals surface area (Å²) in [5.74, 6) is 0.328. The van der Waals surface area contributed by atoms with Crippen molar-refractivity contribution in [1.29, 1.82) is 0 Å². The molecular weight excluding hydrogens is 422 g/mol. The number of fused-ring (bicyclic) bond motifs is 1. The molecule has 0 aliphatic carbocycles. The molecular formula is C25H25N3O3S. The monoisotopic (exact) mass is 447 g/mol. The highest BCUT2D eigenvalue weighted by Crippen LogP contribution is 2.34. The first-order valence-corrected chi connectivity index (χ1v) is 11.4. The number of nitrogens with one attached hydrogen (secondary N) is 1. The lowest BCUT2D eigenvalue weighted by molar-refractivity contribution is -0.118. The van der Waals surface area contributed by atoms with Crippen molar-refractivity contribution in [3.63, 3.8) is 0 Å². The predicted octanol–water partition coefficient (Wildman–Crippen LogP) is 5.89. The molecule has 0 aliphatic rings.